The predicted molar refractivity (Wildman–Crippen MR) is 70.8 cm³/mol. The number of nitro benzene ring substituents is 1. The maximum atomic E-state index is 11.6. The molecule has 0 heterocycles. The highest BCUT2D eigenvalue weighted by Crippen LogP contribution is 2.29. The van der Waals surface area contributed by atoms with Crippen LogP contribution >= 0.6 is 22.6 Å². The van der Waals surface area contributed by atoms with Crippen molar-refractivity contribution in [2.24, 2.45) is 0 Å². The second kappa shape index (κ2) is 6.30. The van der Waals surface area contributed by atoms with Crippen molar-refractivity contribution >= 4 is 34.2 Å². The fraction of sp³-hybridized carbons (Fsp3) is 0.273. The lowest BCUT2D eigenvalue weighted by molar-refractivity contribution is -0.385. The van der Waals surface area contributed by atoms with Crippen LogP contribution in [0, 0.1) is 25.0 Å². The first-order valence-electron chi connectivity index (χ1n) is 5.01. The summed E-state index contributed by atoms with van der Waals surface area (Å²) in [6.45, 7) is 1.73. The maximum Gasteiger partial charge on any atom is 0.328 e. The van der Waals surface area contributed by atoms with Crippen molar-refractivity contribution in [3.05, 3.63) is 37.4 Å². The van der Waals surface area contributed by atoms with Crippen molar-refractivity contribution in [1.82, 2.24) is 0 Å². The summed E-state index contributed by atoms with van der Waals surface area (Å²) in [5, 5.41) is 19.9. The van der Waals surface area contributed by atoms with E-state index in [2.05, 4.69) is 0 Å². The average Bonchev–Trinajstić information content (AvgIpc) is 2.32. The van der Waals surface area contributed by atoms with Gasteiger partial charge in [0.25, 0.3) is 5.69 Å². The van der Waals surface area contributed by atoms with E-state index in [1.54, 1.807) is 19.1 Å². The number of benzene rings is 1. The summed E-state index contributed by atoms with van der Waals surface area (Å²) in [6, 6.07) is 6.07. The summed E-state index contributed by atoms with van der Waals surface area (Å²) in [5.41, 5.74) is -0.192. The molecule has 1 aromatic rings. The van der Waals surface area contributed by atoms with Crippen molar-refractivity contribution in [3.63, 3.8) is 0 Å². The van der Waals surface area contributed by atoms with E-state index in [-0.39, 0.29) is 17.9 Å². The molecule has 0 aliphatic carbocycles. The third-order valence-corrected chi connectivity index (χ3v) is 2.82. The highest BCUT2D eigenvalue weighted by atomic mass is 127. The predicted octanol–water partition coefficient (Wildman–Crippen LogP) is 2.37. The Kier molecular flexibility index (Phi) is 5.03. The van der Waals surface area contributed by atoms with Gasteiger partial charge in [0.2, 0.25) is 0 Å². The SMILES string of the molecule is CCOC(=O)C(C#N)c1ccc(I)cc1[N+](=O)[O-]. The van der Waals surface area contributed by atoms with Gasteiger partial charge in [-0.3, -0.25) is 14.9 Å². The van der Waals surface area contributed by atoms with Gasteiger partial charge in [-0.05, 0) is 41.6 Å². The van der Waals surface area contributed by atoms with Crippen molar-refractivity contribution in [2.75, 3.05) is 6.61 Å². The summed E-state index contributed by atoms with van der Waals surface area (Å²) < 4.78 is 5.38. The number of halogens is 1. The molecule has 0 saturated carbocycles. The van der Waals surface area contributed by atoms with Crippen LogP contribution in [0.25, 0.3) is 0 Å². The molecule has 1 rings (SSSR count). The van der Waals surface area contributed by atoms with E-state index in [1.165, 1.54) is 12.1 Å². The van der Waals surface area contributed by atoms with Gasteiger partial charge in [-0.25, -0.2) is 0 Å². The molecule has 0 fully saturated rings. The monoisotopic (exact) mass is 360 g/mol. The van der Waals surface area contributed by atoms with Crippen LogP contribution in [0.3, 0.4) is 0 Å². The lowest BCUT2D eigenvalue weighted by atomic mass is 9.99. The number of rotatable bonds is 4. The van der Waals surface area contributed by atoms with Crippen LogP contribution in [0.2, 0.25) is 0 Å². The Morgan fingerprint density at radius 2 is 2.33 bits per heavy atom. The number of carbonyl (C=O) groups is 1. The Bertz CT molecular complexity index is 524. The Morgan fingerprint density at radius 1 is 1.67 bits per heavy atom. The van der Waals surface area contributed by atoms with E-state index >= 15 is 0 Å². The Labute approximate surface area is 117 Å². The number of hydrogen-bond donors (Lipinski definition) is 0. The maximum absolute atomic E-state index is 11.6. The zero-order chi connectivity index (χ0) is 13.7. The van der Waals surface area contributed by atoms with Gasteiger partial charge in [0.05, 0.1) is 23.2 Å². The van der Waals surface area contributed by atoms with Gasteiger partial charge in [0, 0.05) is 9.64 Å². The molecule has 0 aliphatic rings. The van der Waals surface area contributed by atoms with Crippen molar-refractivity contribution in [3.8, 4) is 6.07 Å². The number of carbonyl (C=O) groups excluding carboxylic acids is 1. The molecule has 0 aromatic heterocycles. The fourth-order valence-corrected chi connectivity index (χ4v) is 1.87. The van der Waals surface area contributed by atoms with Gasteiger partial charge in [-0.1, -0.05) is 0 Å². The van der Waals surface area contributed by atoms with Crippen molar-refractivity contribution < 1.29 is 14.5 Å². The molecule has 0 N–H and O–H groups in total. The molecule has 0 bridgehead atoms. The summed E-state index contributed by atoms with van der Waals surface area (Å²) >= 11 is 1.92. The van der Waals surface area contributed by atoms with Crippen LogP contribution in [0.15, 0.2) is 18.2 Å². The number of nitro groups is 1. The Balaban J connectivity index is 3.26. The first-order valence-corrected chi connectivity index (χ1v) is 6.09. The number of esters is 1. The van der Waals surface area contributed by atoms with Gasteiger partial charge < -0.3 is 4.74 Å². The van der Waals surface area contributed by atoms with Crippen molar-refractivity contribution in [1.29, 1.82) is 5.26 Å². The topological polar surface area (TPSA) is 93.2 Å². The molecule has 94 valence electrons. The molecule has 18 heavy (non-hydrogen) atoms. The molecule has 1 aromatic carbocycles. The first-order chi connectivity index (χ1) is 8.51. The van der Waals surface area contributed by atoms with Crippen LogP contribution in [0.1, 0.15) is 18.4 Å². The Hall–Kier alpha value is -1.69. The normalized spacial score (nSPS) is 11.4. The molecule has 1 atom stereocenters. The minimum atomic E-state index is -1.28. The summed E-state index contributed by atoms with van der Waals surface area (Å²) in [6.07, 6.45) is 0. The zero-order valence-electron chi connectivity index (χ0n) is 9.42. The molecular formula is C11H9IN2O4. The van der Waals surface area contributed by atoms with Gasteiger partial charge in [-0.15, -0.1) is 0 Å². The minimum absolute atomic E-state index is 0.0568. The summed E-state index contributed by atoms with van der Waals surface area (Å²) in [5.74, 6) is -2.05. The third-order valence-electron chi connectivity index (χ3n) is 2.15. The molecule has 7 heteroatoms. The smallest absolute Gasteiger partial charge is 0.328 e. The lowest BCUT2D eigenvalue weighted by Crippen LogP contribution is -2.15. The molecule has 0 aliphatic heterocycles. The summed E-state index contributed by atoms with van der Waals surface area (Å²) in [7, 11) is 0. The van der Waals surface area contributed by atoms with Crippen LogP contribution in [0.4, 0.5) is 5.69 Å². The second-order valence-electron chi connectivity index (χ2n) is 3.27. The first kappa shape index (κ1) is 14.4. The molecule has 0 saturated heterocycles. The number of nitrogens with zero attached hydrogens (tertiary/aromatic N) is 2. The van der Waals surface area contributed by atoms with Gasteiger partial charge in [0.15, 0.2) is 5.92 Å². The van der Waals surface area contributed by atoms with Gasteiger partial charge in [0.1, 0.15) is 0 Å². The quantitative estimate of drug-likeness (QED) is 0.356. The van der Waals surface area contributed by atoms with E-state index < -0.39 is 16.8 Å². The van der Waals surface area contributed by atoms with Crippen LogP contribution < -0.4 is 0 Å². The molecule has 0 amide bonds. The third kappa shape index (κ3) is 3.16. The Morgan fingerprint density at radius 3 is 2.83 bits per heavy atom. The number of nitriles is 1. The van der Waals surface area contributed by atoms with Crippen LogP contribution in [-0.4, -0.2) is 17.5 Å². The van der Waals surface area contributed by atoms with Gasteiger partial charge >= 0.3 is 5.97 Å². The van der Waals surface area contributed by atoms with E-state index in [0.29, 0.717) is 3.57 Å². The molecule has 0 radical (unpaired) electrons. The second-order valence-corrected chi connectivity index (χ2v) is 4.52. The number of hydrogen-bond acceptors (Lipinski definition) is 5. The van der Waals surface area contributed by atoms with E-state index in [1.807, 2.05) is 22.6 Å². The van der Waals surface area contributed by atoms with E-state index in [0.717, 1.165) is 0 Å². The highest BCUT2D eigenvalue weighted by Gasteiger charge is 2.29. The molecule has 1 unspecified atom stereocenters. The molecule has 6 nitrogen and oxygen atoms in total. The van der Waals surface area contributed by atoms with E-state index in [9.17, 15) is 14.9 Å². The van der Waals surface area contributed by atoms with Crippen LogP contribution in [0.5, 0.6) is 0 Å². The average molecular weight is 360 g/mol. The van der Waals surface area contributed by atoms with E-state index in [4.69, 9.17) is 10.00 Å². The lowest BCUT2D eigenvalue weighted by Gasteiger charge is -2.09. The largest absolute Gasteiger partial charge is 0.465 e. The van der Waals surface area contributed by atoms with Crippen LogP contribution in [-0.2, 0) is 9.53 Å². The molecule has 0 spiro atoms. The standard InChI is InChI=1S/C11H9IN2O4/c1-2-18-11(15)9(6-13)8-4-3-7(12)5-10(8)14(16)17/h3-5,9H,2H2,1H3. The minimum Gasteiger partial charge on any atom is -0.465 e. The summed E-state index contributed by atoms with van der Waals surface area (Å²) in [4.78, 5) is 21.9. The van der Waals surface area contributed by atoms with Crippen molar-refractivity contribution in [2.45, 2.75) is 12.8 Å². The zero-order valence-corrected chi connectivity index (χ0v) is 11.6. The molecular weight excluding hydrogens is 351 g/mol. The fourth-order valence-electron chi connectivity index (χ4n) is 1.39. The van der Waals surface area contributed by atoms with Gasteiger partial charge in [-0.2, -0.15) is 5.26 Å². The number of ether oxygens (including phenoxy) is 1. The highest BCUT2D eigenvalue weighted by molar-refractivity contribution is 14.1.